The third-order valence-electron chi connectivity index (χ3n) is 9.10. The maximum Gasteiger partial charge on any atom is 0.0899 e. The monoisotopic (exact) mass is 620 g/mol. The van der Waals surface area contributed by atoms with Crippen molar-refractivity contribution in [3.8, 4) is 33.8 Å². The Morgan fingerprint density at radius 2 is 1.06 bits per heavy atom. The van der Waals surface area contributed by atoms with Gasteiger partial charge in [0.15, 0.2) is 0 Å². The van der Waals surface area contributed by atoms with Gasteiger partial charge in [-0.3, -0.25) is 4.98 Å². The van der Waals surface area contributed by atoms with E-state index in [0.717, 1.165) is 59.7 Å². The highest BCUT2D eigenvalue weighted by Gasteiger charge is 2.14. The molecule has 3 heterocycles. The second-order valence-electron chi connectivity index (χ2n) is 12.1. The van der Waals surface area contributed by atoms with Gasteiger partial charge in [-0.15, -0.1) is 0 Å². The minimum Gasteiger partial charge on any atom is -0.341 e. The molecule has 0 bridgehead atoms. The molecule has 0 N–H and O–H groups in total. The van der Waals surface area contributed by atoms with Crippen molar-refractivity contribution >= 4 is 33.2 Å². The summed E-state index contributed by atoms with van der Waals surface area (Å²) in [6.45, 7) is 1.91. The van der Waals surface area contributed by atoms with Crippen LogP contribution in [-0.2, 0) is 6.54 Å². The standard InChI is InChI=1S/C44H36N4/c1-3-15-34(16-4-1)41-31-35(32-42(46-41)40-21-11-12-28-45-40)33-24-26-37(27-25-33)47(36-17-5-2-6-18-36)29-13-14-30-48-43-22-9-7-19-38(43)39-20-8-10-23-44(39)48/h1-12,15-28,31-32H,13-14,29-30H2. The molecule has 3 aromatic heterocycles. The number of hydrogen-bond donors (Lipinski definition) is 0. The lowest BCUT2D eigenvalue weighted by molar-refractivity contribution is 0.638. The minimum absolute atomic E-state index is 0.865. The van der Waals surface area contributed by atoms with Gasteiger partial charge in [0.2, 0.25) is 0 Å². The molecule has 232 valence electrons. The molecule has 4 heteroatoms. The van der Waals surface area contributed by atoms with Crippen molar-refractivity contribution in [1.29, 1.82) is 0 Å². The van der Waals surface area contributed by atoms with Crippen LogP contribution in [0.5, 0.6) is 0 Å². The molecule has 5 aromatic carbocycles. The van der Waals surface area contributed by atoms with E-state index in [4.69, 9.17) is 4.98 Å². The van der Waals surface area contributed by atoms with Crippen LogP contribution >= 0.6 is 0 Å². The first-order valence-electron chi connectivity index (χ1n) is 16.7. The maximum absolute atomic E-state index is 5.01. The molecule has 0 aliphatic rings. The SMILES string of the molecule is c1ccc(-c2cc(-c3ccc(N(CCCCn4c5ccccc5c5ccccc54)c4ccccc4)cc3)cc(-c3ccccn3)n2)cc1. The minimum atomic E-state index is 0.865. The molecule has 0 fully saturated rings. The highest BCUT2D eigenvalue weighted by atomic mass is 15.1. The van der Waals surface area contributed by atoms with E-state index in [1.54, 1.807) is 0 Å². The number of benzene rings is 5. The third kappa shape index (κ3) is 5.96. The predicted molar refractivity (Wildman–Crippen MR) is 200 cm³/mol. The van der Waals surface area contributed by atoms with Crippen molar-refractivity contribution in [2.45, 2.75) is 19.4 Å². The number of nitrogens with zero attached hydrogens (tertiary/aromatic N) is 4. The second-order valence-corrected chi connectivity index (χ2v) is 12.1. The van der Waals surface area contributed by atoms with Gasteiger partial charge >= 0.3 is 0 Å². The number of unbranched alkanes of at least 4 members (excludes halogenated alkanes) is 1. The van der Waals surface area contributed by atoms with Gasteiger partial charge in [0.05, 0.1) is 17.1 Å². The average molecular weight is 621 g/mol. The van der Waals surface area contributed by atoms with Gasteiger partial charge in [0.25, 0.3) is 0 Å². The van der Waals surface area contributed by atoms with Crippen LogP contribution in [0.2, 0.25) is 0 Å². The lowest BCUT2D eigenvalue weighted by Gasteiger charge is -2.25. The van der Waals surface area contributed by atoms with E-state index in [0.29, 0.717) is 0 Å². The van der Waals surface area contributed by atoms with Crippen LogP contribution in [0.3, 0.4) is 0 Å². The summed E-state index contributed by atoms with van der Waals surface area (Å²) in [7, 11) is 0. The van der Waals surface area contributed by atoms with E-state index in [9.17, 15) is 0 Å². The number of aromatic nitrogens is 3. The number of anilines is 2. The Labute approximate surface area is 281 Å². The highest BCUT2D eigenvalue weighted by molar-refractivity contribution is 6.07. The summed E-state index contributed by atoms with van der Waals surface area (Å²) >= 11 is 0. The molecule has 48 heavy (non-hydrogen) atoms. The lowest BCUT2D eigenvalue weighted by Crippen LogP contribution is -2.18. The number of pyridine rings is 2. The highest BCUT2D eigenvalue weighted by Crippen LogP contribution is 2.33. The van der Waals surface area contributed by atoms with Gasteiger partial charge < -0.3 is 9.47 Å². The van der Waals surface area contributed by atoms with Crippen molar-refractivity contribution in [3.63, 3.8) is 0 Å². The summed E-state index contributed by atoms with van der Waals surface area (Å²) < 4.78 is 2.49. The molecule has 0 saturated carbocycles. The van der Waals surface area contributed by atoms with Crippen LogP contribution in [-0.4, -0.2) is 21.1 Å². The number of aryl methyl sites for hydroxylation is 1. The zero-order chi connectivity index (χ0) is 32.1. The van der Waals surface area contributed by atoms with Crippen molar-refractivity contribution in [2.24, 2.45) is 0 Å². The first-order chi connectivity index (χ1) is 23.8. The smallest absolute Gasteiger partial charge is 0.0899 e. The molecule has 0 radical (unpaired) electrons. The summed E-state index contributed by atoms with van der Waals surface area (Å²) in [4.78, 5) is 12.0. The zero-order valence-corrected chi connectivity index (χ0v) is 26.8. The summed E-state index contributed by atoms with van der Waals surface area (Å²) in [5.74, 6) is 0. The second kappa shape index (κ2) is 13.4. The average Bonchev–Trinajstić information content (AvgIpc) is 3.49. The Kier molecular flexibility index (Phi) is 8.20. The van der Waals surface area contributed by atoms with Crippen molar-refractivity contribution in [1.82, 2.24) is 14.5 Å². The van der Waals surface area contributed by atoms with E-state index < -0.39 is 0 Å². The Morgan fingerprint density at radius 3 is 1.75 bits per heavy atom. The molecule has 0 amide bonds. The maximum atomic E-state index is 5.01. The van der Waals surface area contributed by atoms with Crippen molar-refractivity contribution in [3.05, 3.63) is 170 Å². The first-order valence-corrected chi connectivity index (χ1v) is 16.7. The molecule has 0 aliphatic carbocycles. The molecule has 4 nitrogen and oxygen atoms in total. The normalized spacial score (nSPS) is 11.2. The lowest BCUT2D eigenvalue weighted by atomic mass is 10.0. The predicted octanol–water partition coefficient (Wildman–Crippen LogP) is 11.2. The van der Waals surface area contributed by atoms with Gasteiger partial charge in [-0.1, -0.05) is 103 Å². The van der Waals surface area contributed by atoms with Gasteiger partial charge in [0, 0.05) is 58.0 Å². The third-order valence-corrected chi connectivity index (χ3v) is 9.10. The number of fused-ring (bicyclic) bond motifs is 3. The van der Waals surface area contributed by atoms with Gasteiger partial charge in [-0.05, 0) is 84.6 Å². The molecule has 0 atom stereocenters. The fraction of sp³-hybridized carbons (Fsp3) is 0.0909. The van der Waals surface area contributed by atoms with E-state index in [1.807, 2.05) is 30.5 Å². The molecule has 0 aliphatic heterocycles. The zero-order valence-electron chi connectivity index (χ0n) is 26.8. The Balaban J connectivity index is 1.06. The van der Waals surface area contributed by atoms with Crippen molar-refractivity contribution in [2.75, 3.05) is 11.4 Å². The Hall–Kier alpha value is -6.00. The summed E-state index contributed by atoms with van der Waals surface area (Å²) in [6.07, 6.45) is 3.97. The molecule has 0 saturated heterocycles. The van der Waals surface area contributed by atoms with Crippen LogP contribution in [0.15, 0.2) is 170 Å². The Bertz CT molecular complexity index is 2160. The van der Waals surface area contributed by atoms with Crippen LogP contribution in [0, 0.1) is 0 Å². The first kappa shape index (κ1) is 29.4. The fourth-order valence-corrected chi connectivity index (χ4v) is 6.73. The van der Waals surface area contributed by atoms with Gasteiger partial charge in [-0.25, -0.2) is 4.98 Å². The molecular weight excluding hydrogens is 585 g/mol. The van der Waals surface area contributed by atoms with E-state index in [1.165, 1.54) is 33.2 Å². The van der Waals surface area contributed by atoms with Crippen LogP contribution in [0.1, 0.15) is 12.8 Å². The molecule has 8 aromatic rings. The largest absolute Gasteiger partial charge is 0.341 e. The fourth-order valence-electron chi connectivity index (χ4n) is 6.73. The summed E-state index contributed by atoms with van der Waals surface area (Å²) in [6, 6.07) is 57.9. The molecule has 8 rings (SSSR count). The van der Waals surface area contributed by atoms with Gasteiger partial charge in [0.1, 0.15) is 0 Å². The molecule has 0 spiro atoms. The topological polar surface area (TPSA) is 34.0 Å². The summed E-state index contributed by atoms with van der Waals surface area (Å²) in [5, 5.41) is 2.66. The van der Waals surface area contributed by atoms with E-state index in [-0.39, 0.29) is 0 Å². The van der Waals surface area contributed by atoms with Crippen LogP contribution < -0.4 is 4.90 Å². The summed E-state index contributed by atoms with van der Waals surface area (Å²) in [5.41, 5.74) is 11.0. The quantitative estimate of drug-likeness (QED) is 0.143. The van der Waals surface area contributed by atoms with Gasteiger partial charge in [-0.2, -0.15) is 0 Å². The molecular formula is C44H36N4. The van der Waals surface area contributed by atoms with E-state index in [2.05, 4.69) is 154 Å². The van der Waals surface area contributed by atoms with Crippen LogP contribution in [0.4, 0.5) is 11.4 Å². The number of hydrogen-bond acceptors (Lipinski definition) is 3. The van der Waals surface area contributed by atoms with Crippen LogP contribution in [0.25, 0.3) is 55.6 Å². The van der Waals surface area contributed by atoms with Crippen molar-refractivity contribution < 1.29 is 0 Å². The molecule has 0 unspecified atom stereocenters. The number of para-hydroxylation sites is 3. The number of rotatable bonds is 10. The van der Waals surface area contributed by atoms with E-state index >= 15 is 0 Å². The Morgan fingerprint density at radius 1 is 0.458 bits per heavy atom.